The molecule has 0 atom stereocenters. The van der Waals surface area contributed by atoms with Crippen molar-refractivity contribution in [2.24, 2.45) is 0 Å². The van der Waals surface area contributed by atoms with Crippen LogP contribution >= 0.6 is 11.3 Å². The van der Waals surface area contributed by atoms with Crippen LogP contribution in [0.25, 0.3) is 0 Å². The minimum atomic E-state index is -3.84. The molecule has 19 heavy (non-hydrogen) atoms. The summed E-state index contributed by atoms with van der Waals surface area (Å²) in [6, 6.07) is 0. The van der Waals surface area contributed by atoms with Gasteiger partial charge in [0.25, 0.3) is 10.0 Å². The molecule has 1 aromatic heterocycles. The number of aromatic nitrogens is 1. The summed E-state index contributed by atoms with van der Waals surface area (Å²) in [5, 5.41) is 8.81. The lowest BCUT2D eigenvalue weighted by Gasteiger charge is -2.06. The van der Waals surface area contributed by atoms with Gasteiger partial charge >= 0.3 is 5.97 Å². The lowest BCUT2D eigenvalue weighted by atomic mass is 10.4. The third-order valence-electron chi connectivity index (χ3n) is 2.16. The van der Waals surface area contributed by atoms with Crippen molar-refractivity contribution < 1.29 is 23.1 Å². The quantitative estimate of drug-likeness (QED) is 0.658. The average Bonchev–Trinajstić information content (AvgIpc) is 2.83. The van der Waals surface area contributed by atoms with Crippen molar-refractivity contribution in [1.82, 2.24) is 9.71 Å². The molecule has 0 aliphatic rings. The fraction of sp³-hybridized carbons (Fsp3) is 0.600. The third kappa shape index (κ3) is 4.86. The number of sulfonamides is 1. The smallest absolute Gasteiger partial charge is 0.356 e. The Hall–Kier alpha value is -1.03. The number of rotatable bonds is 9. The summed E-state index contributed by atoms with van der Waals surface area (Å²) >= 11 is 0.774. The van der Waals surface area contributed by atoms with Crippen LogP contribution in [0, 0.1) is 0 Å². The molecule has 0 spiro atoms. The maximum Gasteiger partial charge on any atom is 0.356 e. The highest BCUT2D eigenvalue weighted by Gasteiger charge is 2.25. The molecule has 0 radical (unpaired) electrons. The van der Waals surface area contributed by atoms with Gasteiger partial charge in [-0.05, 0) is 6.42 Å². The lowest BCUT2D eigenvalue weighted by Crippen LogP contribution is -2.28. The first kappa shape index (κ1) is 16.0. The van der Waals surface area contributed by atoms with Gasteiger partial charge in [0, 0.05) is 13.2 Å². The standard InChI is InChI=1S/C10H16N2O5S2/c1-2-3-5-17-6-4-12-19(15,16)10-8(9(13)14)11-7-18-10/h7,12H,2-6H2,1H3,(H,13,14). The van der Waals surface area contributed by atoms with E-state index in [2.05, 4.69) is 9.71 Å². The topological polar surface area (TPSA) is 106 Å². The zero-order valence-corrected chi connectivity index (χ0v) is 12.1. The number of hydrogen-bond donors (Lipinski definition) is 2. The van der Waals surface area contributed by atoms with Gasteiger partial charge in [0.15, 0.2) is 9.90 Å². The van der Waals surface area contributed by atoms with Gasteiger partial charge < -0.3 is 9.84 Å². The monoisotopic (exact) mass is 308 g/mol. The van der Waals surface area contributed by atoms with Crippen LogP contribution in [0.3, 0.4) is 0 Å². The van der Waals surface area contributed by atoms with E-state index in [1.807, 2.05) is 6.92 Å². The van der Waals surface area contributed by atoms with Gasteiger partial charge in [-0.2, -0.15) is 0 Å². The number of carboxylic acids is 1. The van der Waals surface area contributed by atoms with Crippen molar-refractivity contribution >= 4 is 27.3 Å². The van der Waals surface area contributed by atoms with Crippen LogP contribution < -0.4 is 4.72 Å². The number of aromatic carboxylic acids is 1. The molecule has 0 bridgehead atoms. The molecule has 0 unspecified atom stereocenters. The van der Waals surface area contributed by atoms with Gasteiger partial charge in [0.2, 0.25) is 0 Å². The van der Waals surface area contributed by atoms with Crippen LogP contribution in [-0.4, -0.2) is 44.2 Å². The van der Waals surface area contributed by atoms with Crippen LogP contribution in [0.4, 0.5) is 0 Å². The van der Waals surface area contributed by atoms with E-state index in [1.54, 1.807) is 0 Å². The predicted molar refractivity (Wildman–Crippen MR) is 70.0 cm³/mol. The summed E-state index contributed by atoms with van der Waals surface area (Å²) < 4.78 is 30.9. The van der Waals surface area contributed by atoms with Gasteiger partial charge in [-0.25, -0.2) is 22.9 Å². The Kier molecular flexibility index (Phi) is 6.35. The highest BCUT2D eigenvalue weighted by atomic mass is 32.2. The second kappa shape index (κ2) is 7.53. The first-order chi connectivity index (χ1) is 8.99. The Balaban J connectivity index is 2.52. The first-order valence-electron chi connectivity index (χ1n) is 5.73. The molecule has 0 saturated heterocycles. The molecule has 1 heterocycles. The van der Waals surface area contributed by atoms with Crippen molar-refractivity contribution in [3.05, 3.63) is 11.2 Å². The zero-order valence-electron chi connectivity index (χ0n) is 10.5. The normalized spacial score (nSPS) is 11.6. The maximum atomic E-state index is 11.8. The van der Waals surface area contributed by atoms with E-state index >= 15 is 0 Å². The highest BCUT2D eigenvalue weighted by Crippen LogP contribution is 2.19. The van der Waals surface area contributed by atoms with Crippen LogP contribution in [0.2, 0.25) is 0 Å². The van der Waals surface area contributed by atoms with Gasteiger partial charge in [-0.15, -0.1) is 11.3 Å². The molecule has 9 heteroatoms. The maximum absolute atomic E-state index is 11.8. The molecule has 0 fully saturated rings. The van der Waals surface area contributed by atoms with Crippen molar-refractivity contribution in [1.29, 1.82) is 0 Å². The van der Waals surface area contributed by atoms with Crippen LogP contribution in [0.5, 0.6) is 0 Å². The van der Waals surface area contributed by atoms with E-state index < -0.39 is 21.7 Å². The SMILES string of the molecule is CCCCOCCNS(=O)(=O)c1scnc1C(=O)O. The average molecular weight is 308 g/mol. The number of unbranched alkanes of at least 4 members (excludes halogenated alkanes) is 1. The Morgan fingerprint density at radius 3 is 2.89 bits per heavy atom. The Morgan fingerprint density at radius 1 is 1.53 bits per heavy atom. The summed E-state index contributed by atoms with van der Waals surface area (Å²) in [5.74, 6) is -1.36. The number of thiazole rings is 1. The second-order valence-corrected chi connectivity index (χ2v) is 6.47. The van der Waals surface area contributed by atoms with Gasteiger partial charge in [-0.1, -0.05) is 13.3 Å². The lowest BCUT2D eigenvalue weighted by molar-refractivity contribution is 0.0687. The molecule has 7 nitrogen and oxygen atoms in total. The number of ether oxygens (including phenoxy) is 1. The third-order valence-corrected chi connectivity index (χ3v) is 4.99. The van der Waals surface area contributed by atoms with E-state index in [9.17, 15) is 13.2 Å². The summed E-state index contributed by atoms with van der Waals surface area (Å²) in [6.45, 7) is 2.96. The Bertz CT molecular complexity index is 512. The second-order valence-electron chi connectivity index (χ2n) is 3.66. The summed E-state index contributed by atoms with van der Waals surface area (Å²) in [6.07, 6.45) is 1.93. The predicted octanol–water partition coefficient (Wildman–Crippen LogP) is 0.936. The molecular weight excluding hydrogens is 292 g/mol. The van der Waals surface area contributed by atoms with Crippen LogP contribution in [0.1, 0.15) is 30.3 Å². The van der Waals surface area contributed by atoms with Gasteiger partial charge in [0.05, 0.1) is 12.1 Å². The summed E-state index contributed by atoms with van der Waals surface area (Å²) in [4.78, 5) is 14.3. The number of nitrogens with one attached hydrogen (secondary N) is 1. The largest absolute Gasteiger partial charge is 0.476 e. The molecular formula is C10H16N2O5S2. The van der Waals surface area contributed by atoms with Gasteiger partial charge in [0.1, 0.15) is 0 Å². The first-order valence-corrected chi connectivity index (χ1v) is 8.09. The van der Waals surface area contributed by atoms with Crippen molar-refractivity contribution in [2.75, 3.05) is 19.8 Å². The minimum Gasteiger partial charge on any atom is -0.476 e. The fourth-order valence-corrected chi connectivity index (χ4v) is 3.43. The molecule has 1 rings (SSSR count). The van der Waals surface area contributed by atoms with Crippen molar-refractivity contribution in [3.8, 4) is 0 Å². The minimum absolute atomic E-state index is 0.100. The summed E-state index contributed by atoms with van der Waals surface area (Å²) in [5.41, 5.74) is 0.736. The molecule has 0 aliphatic carbocycles. The number of carboxylic acid groups (broad SMARTS) is 1. The molecule has 108 valence electrons. The molecule has 2 N–H and O–H groups in total. The molecule has 0 amide bonds. The van der Waals surface area contributed by atoms with Crippen LogP contribution in [-0.2, 0) is 14.8 Å². The van der Waals surface area contributed by atoms with E-state index in [4.69, 9.17) is 9.84 Å². The number of carbonyl (C=O) groups is 1. The van der Waals surface area contributed by atoms with Crippen molar-refractivity contribution in [2.45, 2.75) is 24.0 Å². The molecule has 0 aromatic carbocycles. The van der Waals surface area contributed by atoms with E-state index in [1.165, 1.54) is 5.51 Å². The molecule has 0 saturated carbocycles. The number of hydrogen-bond acceptors (Lipinski definition) is 6. The Labute approximate surface area is 115 Å². The van der Waals surface area contributed by atoms with Crippen LogP contribution in [0.15, 0.2) is 9.72 Å². The fourth-order valence-electron chi connectivity index (χ4n) is 1.23. The summed E-state index contributed by atoms with van der Waals surface area (Å²) in [7, 11) is -3.84. The molecule has 1 aromatic rings. The Morgan fingerprint density at radius 2 is 2.26 bits per heavy atom. The van der Waals surface area contributed by atoms with E-state index in [0.717, 1.165) is 24.2 Å². The highest BCUT2D eigenvalue weighted by molar-refractivity contribution is 7.91. The zero-order chi connectivity index (χ0) is 14.3. The van der Waals surface area contributed by atoms with E-state index in [-0.39, 0.29) is 17.4 Å². The number of nitrogens with zero attached hydrogens (tertiary/aromatic N) is 1. The van der Waals surface area contributed by atoms with Gasteiger partial charge in [-0.3, -0.25) is 0 Å². The van der Waals surface area contributed by atoms with E-state index in [0.29, 0.717) is 6.61 Å². The van der Waals surface area contributed by atoms with Crippen molar-refractivity contribution in [3.63, 3.8) is 0 Å². The molecule has 0 aliphatic heterocycles.